The normalized spacial score (nSPS) is 17.5. The van der Waals surface area contributed by atoms with Gasteiger partial charge < -0.3 is 14.4 Å². The van der Waals surface area contributed by atoms with Crippen LogP contribution in [0.1, 0.15) is 43.2 Å². The summed E-state index contributed by atoms with van der Waals surface area (Å²) in [4.78, 5) is 19.2. The van der Waals surface area contributed by atoms with Gasteiger partial charge in [-0.05, 0) is 46.4 Å². The average Bonchev–Trinajstić information content (AvgIpc) is 3.12. The van der Waals surface area contributed by atoms with Gasteiger partial charge in [0.05, 0.1) is 26.4 Å². The minimum absolute atomic E-state index is 0.00858. The maximum Gasteiger partial charge on any atom is 0.245 e. The highest BCUT2D eigenvalue weighted by molar-refractivity contribution is 5.94. The summed E-state index contributed by atoms with van der Waals surface area (Å²) in [7, 11) is 1.67. The van der Waals surface area contributed by atoms with Crippen molar-refractivity contribution in [2.24, 2.45) is 5.41 Å². The van der Waals surface area contributed by atoms with Gasteiger partial charge in [0.2, 0.25) is 5.91 Å². The highest BCUT2D eigenvalue weighted by Crippen LogP contribution is 2.40. The summed E-state index contributed by atoms with van der Waals surface area (Å²) in [6.45, 7) is 3.31. The number of para-hydroxylation sites is 1. The van der Waals surface area contributed by atoms with Crippen LogP contribution >= 0.6 is 0 Å². The first-order valence-electron chi connectivity index (χ1n) is 16.3. The quantitative estimate of drug-likeness (QED) is 0.191. The van der Waals surface area contributed by atoms with E-state index in [-0.39, 0.29) is 18.9 Å². The van der Waals surface area contributed by atoms with E-state index >= 15 is 0 Å². The number of fused-ring (bicyclic) bond motifs is 1. The number of piperazine rings is 1. The number of rotatable bonds is 10. The number of ether oxygens (including phenoxy) is 2. The van der Waals surface area contributed by atoms with Crippen LogP contribution in [0.3, 0.4) is 0 Å². The van der Waals surface area contributed by atoms with Crippen LogP contribution in [-0.2, 0) is 22.6 Å². The minimum Gasteiger partial charge on any atom is -0.496 e. The lowest BCUT2D eigenvalue weighted by Gasteiger charge is -2.42. The predicted octanol–water partition coefficient (Wildman–Crippen LogP) is 7.26. The third-order valence-electron chi connectivity index (χ3n) is 9.69. The third-order valence-corrected chi connectivity index (χ3v) is 9.69. The zero-order valence-electron chi connectivity index (χ0n) is 26.3. The number of nitriles is 1. The molecule has 45 heavy (non-hydrogen) atoms. The van der Waals surface area contributed by atoms with Crippen molar-refractivity contribution in [2.75, 3.05) is 39.9 Å². The van der Waals surface area contributed by atoms with Crippen LogP contribution in [0.15, 0.2) is 91.0 Å². The molecule has 1 aliphatic carbocycles. The number of methoxy groups -OCH3 is 1. The van der Waals surface area contributed by atoms with Gasteiger partial charge in [0, 0.05) is 44.2 Å². The number of carbonyl (C=O) groups excluding carboxylic acids is 1. The fraction of sp³-hybridized carbons (Fsp3) is 0.385. The monoisotopic (exact) mass is 601 g/mol. The number of hydrogen-bond acceptors (Lipinski definition) is 5. The molecular weight excluding hydrogens is 558 g/mol. The van der Waals surface area contributed by atoms with E-state index in [2.05, 4.69) is 35.2 Å². The van der Waals surface area contributed by atoms with E-state index in [4.69, 9.17) is 9.47 Å². The van der Waals surface area contributed by atoms with Crippen molar-refractivity contribution < 1.29 is 14.3 Å². The summed E-state index contributed by atoms with van der Waals surface area (Å²) in [5, 5.41) is 13.1. The summed E-state index contributed by atoms with van der Waals surface area (Å²) in [6.07, 6.45) is 6.63. The van der Waals surface area contributed by atoms with Gasteiger partial charge in [-0.2, -0.15) is 5.26 Å². The molecule has 2 aliphatic rings. The van der Waals surface area contributed by atoms with Gasteiger partial charge in [0.1, 0.15) is 5.75 Å². The van der Waals surface area contributed by atoms with Crippen LogP contribution in [0, 0.1) is 16.7 Å². The van der Waals surface area contributed by atoms with E-state index in [1.807, 2.05) is 71.6 Å². The van der Waals surface area contributed by atoms with Crippen molar-refractivity contribution in [3.8, 4) is 22.9 Å². The van der Waals surface area contributed by atoms with Crippen molar-refractivity contribution in [1.82, 2.24) is 9.80 Å². The van der Waals surface area contributed by atoms with Crippen molar-refractivity contribution in [3.63, 3.8) is 0 Å². The second-order valence-electron chi connectivity index (χ2n) is 12.5. The van der Waals surface area contributed by atoms with Crippen LogP contribution in [0.25, 0.3) is 21.9 Å². The summed E-state index contributed by atoms with van der Waals surface area (Å²) >= 11 is 0. The molecule has 6 nitrogen and oxygen atoms in total. The number of amides is 1. The molecule has 232 valence electrons. The Morgan fingerprint density at radius 2 is 1.56 bits per heavy atom. The molecule has 1 aliphatic heterocycles. The fourth-order valence-electron chi connectivity index (χ4n) is 7.21. The SMILES string of the molecule is COc1ccccc1-c1ccc2ccccc2c1CC(C#N)(COCc1ccccc1)C(=O)N1CCN(C2CCCCC2)CC1. The second-order valence-corrected chi connectivity index (χ2v) is 12.5. The first-order chi connectivity index (χ1) is 22.1. The molecule has 0 aromatic heterocycles. The van der Waals surface area contributed by atoms with Gasteiger partial charge in [-0.25, -0.2) is 0 Å². The Bertz CT molecular complexity index is 1630. The van der Waals surface area contributed by atoms with Crippen molar-refractivity contribution in [2.45, 2.75) is 51.2 Å². The molecule has 1 saturated heterocycles. The molecule has 0 bridgehead atoms. The molecule has 0 radical (unpaired) electrons. The highest BCUT2D eigenvalue weighted by atomic mass is 16.5. The van der Waals surface area contributed by atoms with E-state index < -0.39 is 5.41 Å². The third kappa shape index (κ3) is 6.76. The lowest BCUT2D eigenvalue weighted by Crippen LogP contribution is -2.56. The molecule has 1 unspecified atom stereocenters. The Morgan fingerprint density at radius 3 is 2.31 bits per heavy atom. The van der Waals surface area contributed by atoms with Crippen molar-refractivity contribution >= 4 is 16.7 Å². The Hall–Kier alpha value is -4.18. The molecule has 4 aromatic rings. The summed E-state index contributed by atoms with van der Waals surface area (Å²) in [5.41, 5.74) is 2.47. The molecule has 6 rings (SSSR count). The van der Waals surface area contributed by atoms with E-state index in [1.165, 1.54) is 32.1 Å². The van der Waals surface area contributed by atoms with Crippen LogP contribution in [-0.4, -0.2) is 61.6 Å². The maximum absolute atomic E-state index is 14.7. The van der Waals surface area contributed by atoms with E-state index in [1.54, 1.807) is 7.11 Å². The van der Waals surface area contributed by atoms with Gasteiger partial charge in [-0.15, -0.1) is 0 Å². The largest absolute Gasteiger partial charge is 0.496 e. The number of hydrogen-bond donors (Lipinski definition) is 0. The second kappa shape index (κ2) is 14.3. The lowest BCUT2D eigenvalue weighted by molar-refractivity contribution is -0.144. The van der Waals surface area contributed by atoms with E-state index in [0.29, 0.717) is 25.7 Å². The Balaban J connectivity index is 1.36. The Kier molecular flexibility index (Phi) is 9.78. The molecule has 6 heteroatoms. The highest BCUT2D eigenvalue weighted by Gasteiger charge is 2.44. The van der Waals surface area contributed by atoms with Crippen LogP contribution in [0.2, 0.25) is 0 Å². The van der Waals surface area contributed by atoms with E-state index in [9.17, 15) is 10.1 Å². The molecule has 1 amide bonds. The van der Waals surface area contributed by atoms with Gasteiger partial charge in [-0.1, -0.05) is 104 Å². The number of benzene rings is 4. The van der Waals surface area contributed by atoms with Crippen LogP contribution in [0.5, 0.6) is 5.75 Å². The van der Waals surface area contributed by atoms with Crippen molar-refractivity contribution in [1.29, 1.82) is 5.26 Å². The van der Waals surface area contributed by atoms with Crippen molar-refractivity contribution in [3.05, 3.63) is 102 Å². The van der Waals surface area contributed by atoms with Gasteiger partial charge in [0.15, 0.2) is 5.41 Å². The lowest BCUT2D eigenvalue weighted by atomic mass is 9.78. The van der Waals surface area contributed by atoms with E-state index in [0.717, 1.165) is 51.9 Å². The molecule has 1 atom stereocenters. The van der Waals surface area contributed by atoms with Crippen LogP contribution in [0.4, 0.5) is 0 Å². The predicted molar refractivity (Wildman–Crippen MR) is 179 cm³/mol. The maximum atomic E-state index is 14.7. The van der Waals surface area contributed by atoms with Gasteiger partial charge >= 0.3 is 0 Å². The first-order valence-corrected chi connectivity index (χ1v) is 16.3. The topological polar surface area (TPSA) is 65.8 Å². The molecule has 1 saturated carbocycles. The standard InChI is InChI=1S/C39H43N3O3/c1-44-37-19-11-10-18-35(37)34-21-20-31-14-8-9-17-33(31)36(34)26-39(28-40,29-45-27-30-12-4-2-5-13-30)38(43)42-24-22-41(23-25-42)32-15-6-3-7-16-32/h2,4-5,8-14,17-21,32H,3,6-7,15-16,22-27,29H2,1H3. The van der Waals surface area contributed by atoms with Gasteiger partial charge in [-0.3, -0.25) is 9.69 Å². The van der Waals surface area contributed by atoms with Crippen LogP contribution < -0.4 is 4.74 Å². The average molecular weight is 602 g/mol. The summed E-state index contributed by atoms with van der Waals surface area (Å²) in [5.74, 6) is 0.613. The zero-order valence-corrected chi connectivity index (χ0v) is 26.3. The molecular formula is C39H43N3O3. The molecule has 1 heterocycles. The minimum atomic E-state index is -1.40. The Morgan fingerprint density at radius 1 is 0.844 bits per heavy atom. The molecule has 0 spiro atoms. The smallest absolute Gasteiger partial charge is 0.245 e. The summed E-state index contributed by atoms with van der Waals surface area (Å²) < 4.78 is 12.0. The molecule has 0 N–H and O–H groups in total. The summed E-state index contributed by atoms with van der Waals surface area (Å²) in [6, 6.07) is 33.4. The number of nitrogens with zero attached hydrogens (tertiary/aromatic N) is 3. The molecule has 2 fully saturated rings. The molecule has 4 aromatic carbocycles. The Labute approximate surface area is 267 Å². The van der Waals surface area contributed by atoms with Gasteiger partial charge in [0.25, 0.3) is 0 Å². The number of carbonyl (C=O) groups is 1. The first kappa shape index (κ1) is 30.8. The zero-order chi connectivity index (χ0) is 31.1. The fourth-order valence-corrected chi connectivity index (χ4v) is 7.21.